The second-order valence-corrected chi connectivity index (χ2v) is 6.66. The second-order valence-electron chi connectivity index (χ2n) is 5.76. The molecule has 24 heavy (non-hydrogen) atoms. The molecule has 1 amide bonds. The first-order valence-electron chi connectivity index (χ1n) is 7.99. The standard InChI is InChI=1S/C17H17N5OS/c23-16-11(4-3-8-19-16)10-20-14-12-6-9-24-17(12)22-15(21-14)13-5-1-2-7-18-13/h1-2,5-7,9,11H,3-4,8,10H2,(H,19,23)(H,20,21,22). The highest BCUT2D eigenvalue weighted by Gasteiger charge is 2.22. The third kappa shape index (κ3) is 2.94. The number of hydrogen-bond donors (Lipinski definition) is 2. The SMILES string of the molecule is O=C1NCCCC1CNc1nc(-c2ccccn2)nc2sccc12. The van der Waals surface area contributed by atoms with Crippen LogP contribution in [0.5, 0.6) is 0 Å². The van der Waals surface area contributed by atoms with Crippen LogP contribution in [0.1, 0.15) is 12.8 Å². The summed E-state index contributed by atoms with van der Waals surface area (Å²) in [6.07, 6.45) is 3.66. The van der Waals surface area contributed by atoms with E-state index in [0.29, 0.717) is 12.4 Å². The van der Waals surface area contributed by atoms with Crippen LogP contribution in [-0.4, -0.2) is 33.9 Å². The number of hydrogen-bond acceptors (Lipinski definition) is 6. The number of anilines is 1. The summed E-state index contributed by atoms with van der Waals surface area (Å²) in [5.74, 6) is 1.47. The van der Waals surface area contributed by atoms with Crippen molar-refractivity contribution < 1.29 is 4.79 Å². The fourth-order valence-corrected chi connectivity index (χ4v) is 3.61. The number of fused-ring (bicyclic) bond motifs is 1. The van der Waals surface area contributed by atoms with E-state index >= 15 is 0 Å². The van der Waals surface area contributed by atoms with Crippen molar-refractivity contribution >= 4 is 33.3 Å². The van der Waals surface area contributed by atoms with Crippen LogP contribution in [0, 0.1) is 5.92 Å². The first-order chi connectivity index (χ1) is 11.8. The Hall–Kier alpha value is -2.54. The molecule has 0 radical (unpaired) electrons. The van der Waals surface area contributed by atoms with E-state index in [1.807, 2.05) is 29.6 Å². The van der Waals surface area contributed by atoms with Gasteiger partial charge in [-0.15, -0.1) is 11.3 Å². The molecule has 1 unspecified atom stereocenters. The molecule has 7 heteroatoms. The summed E-state index contributed by atoms with van der Waals surface area (Å²) >= 11 is 1.57. The van der Waals surface area contributed by atoms with Crippen LogP contribution in [-0.2, 0) is 4.79 Å². The topological polar surface area (TPSA) is 79.8 Å². The molecule has 1 saturated heterocycles. The number of piperidine rings is 1. The fourth-order valence-electron chi connectivity index (χ4n) is 2.85. The molecule has 4 heterocycles. The Kier molecular flexibility index (Phi) is 4.08. The average Bonchev–Trinajstić information content (AvgIpc) is 3.10. The molecule has 1 aliphatic rings. The predicted octanol–water partition coefficient (Wildman–Crippen LogP) is 2.69. The van der Waals surface area contributed by atoms with Crippen molar-refractivity contribution in [3.63, 3.8) is 0 Å². The van der Waals surface area contributed by atoms with Crippen LogP contribution < -0.4 is 10.6 Å². The number of carbonyl (C=O) groups is 1. The van der Waals surface area contributed by atoms with Gasteiger partial charge < -0.3 is 10.6 Å². The molecular formula is C17H17N5OS. The van der Waals surface area contributed by atoms with E-state index in [1.165, 1.54) is 0 Å². The number of rotatable bonds is 4. The maximum absolute atomic E-state index is 11.9. The smallest absolute Gasteiger partial charge is 0.224 e. The van der Waals surface area contributed by atoms with E-state index < -0.39 is 0 Å². The van der Waals surface area contributed by atoms with E-state index in [9.17, 15) is 4.79 Å². The van der Waals surface area contributed by atoms with Crippen molar-refractivity contribution in [1.29, 1.82) is 0 Å². The van der Waals surface area contributed by atoms with Gasteiger partial charge in [-0.25, -0.2) is 9.97 Å². The van der Waals surface area contributed by atoms with Crippen LogP contribution >= 0.6 is 11.3 Å². The predicted molar refractivity (Wildman–Crippen MR) is 94.9 cm³/mol. The van der Waals surface area contributed by atoms with Crippen LogP contribution in [0.4, 0.5) is 5.82 Å². The molecule has 1 fully saturated rings. The Labute approximate surface area is 143 Å². The van der Waals surface area contributed by atoms with Gasteiger partial charge in [-0.05, 0) is 36.4 Å². The minimum Gasteiger partial charge on any atom is -0.369 e. The Morgan fingerprint density at radius 1 is 1.29 bits per heavy atom. The van der Waals surface area contributed by atoms with Gasteiger partial charge in [0.15, 0.2) is 5.82 Å². The zero-order valence-corrected chi connectivity index (χ0v) is 13.8. The van der Waals surface area contributed by atoms with Gasteiger partial charge in [0.1, 0.15) is 16.3 Å². The number of aromatic nitrogens is 3. The number of pyridine rings is 1. The van der Waals surface area contributed by atoms with Crippen LogP contribution in [0.2, 0.25) is 0 Å². The van der Waals surface area contributed by atoms with Crippen molar-refractivity contribution in [3.8, 4) is 11.5 Å². The largest absolute Gasteiger partial charge is 0.369 e. The zero-order valence-electron chi connectivity index (χ0n) is 13.0. The lowest BCUT2D eigenvalue weighted by atomic mass is 9.99. The summed E-state index contributed by atoms with van der Waals surface area (Å²) in [5, 5.41) is 9.25. The first-order valence-corrected chi connectivity index (χ1v) is 8.87. The van der Waals surface area contributed by atoms with Gasteiger partial charge in [0.25, 0.3) is 0 Å². The minimum atomic E-state index is -0.0132. The highest BCUT2D eigenvalue weighted by molar-refractivity contribution is 7.16. The summed E-state index contributed by atoms with van der Waals surface area (Å²) in [5.41, 5.74) is 0.742. The third-order valence-corrected chi connectivity index (χ3v) is 4.94. The highest BCUT2D eigenvalue weighted by Crippen LogP contribution is 2.28. The van der Waals surface area contributed by atoms with Crippen LogP contribution in [0.15, 0.2) is 35.8 Å². The Morgan fingerprint density at radius 2 is 2.25 bits per heavy atom. The lowest BCUT2D eigenvalue weighted by Crippen LogP contribution is -2.39. The maximum Gasteiger partial charge on any atom is 0.224 e. The number of nitrogens with one attached hydrogen (secondary N) is 2. The van der Waals surface area contributed by atoms with Gasteiger partial charge in [-0.3, -0.25) is 9.78 Å². The van der Waals surface area contributed by atoms with E-state index in [-0.39, 0.29) is 11.8 Å². The van der Waals surface area contributed by atoms with Crippen molar-refractivity contribution in [1.82, 2.24) is 20.3 Å². The van der Waals surface area contributed by atoms with Gasteiger partial charge in [-0.2, -0.15) is 0 Å². The Bertz CT molecular complexity index is 864. The van der Waals surface area contributed by atoms with Gasteiger partial charge in [0.05, 0.1) is 11.3 Å². The molecule has 4 rings (SSSR count). The van der Waals surface area contributed by atoms with Gasteiger partial charge >= 0.3 is 0 Å². The molecule has 0 aromatic carbocycles. The fraction of sp³-hybridized carbons (Fsp3) is 0.294. The van der Waals surface area contributed by atoms with E-state index in [4.69, 9.17) is 0 Å². The monoisotopic (exact) mass is 339 g/mol. The average molecular weight is 339 g/mol. The summed E-state index contributed by atoms with van der Waals surface area (Å²) < 4.78 is 0. The van der Waals surface area contributed by atoms with Gasteiger partial charge in [-0.1, -0.05) is 6.07 Å². The second kappa shape index (κ2) is 6.52. The van der Waals surface area contributed by atoms with Gasteiger partial charge in [0, 0.05) is 19.3 Å². The molecule has 0 spiro atoms. The normalized spacial score (nSPS) is 17.7. The van der Waals surface area contributed by atoms with E-state index in [2.05, 4.69) is 25.6 Å². The molecule has 3 aromatic rings. The van der Waals surface area contributed by atoms with Crippen molar-refractivity contribution in [2.75, 3.05) is 18.4 Å². The molecule has 2 N–H and O–H groups in total. The number of amides is 1. The molecule has 122 valence electrons. The van der Waals surface area contributed by atoms with E-state index in [0.717, 1.165) is 41.1 Å². The lowest BCUT2D eigenvalue weighted by Gasteiger charge is -2.22. The molecule has 0 bridgehead atoms. The Morgan fingerprint density at radius 3 is 3.08 bits per heavy atom. The van der Waals surface area contributed by atoms with Crippen LogP contribution in [0.25, 0.3) is 21.7 Å². The van der Waals surface area contributed by atoms with Crippen LogP contribution in [0.3, 0.4) is 0 Å². The molecule has 6 nitrogen and oxygen atoms in total. The molecule has 0 saturated carbocycles. The summed E-state index contributed by atoms with van der Waals surface area (Å²) in [4.78, 5) is 26.4. The summed E-state index contributed by atoms with van der Waals surface area (Å²) in [6.45, 7) is 1.36. The van der Waals surface area contributed by atoms with Crippen molar-refractivity contribution in [2.24, 2.45) is 5.92 Å². The summed E-state index contributed by atoms with van der Waals surface area (Å²) in [6, 6.07) is 7.69. The molecular weight excluding hydrogens is 322 g/mol. The molecule has 3 aromatic heterocycles. The number of carbonyl (C=O) groups excluding carboxylic acids is 1. The Balaban J connectivity index is 1.64. The zero-order chi connectivity index (χ0) is 16.4. The maximum atomic E-state index is 11.9. The lowest BCUT2D eigenvalue weighted by molar-refractivity contribution is -0.126. The highest BCUT2D eigenvalue weighted by atomic mass is 32.1. The quantitative estimate of drug-likeness (QED) is 0.764. The number of nitrogens with zero attached hydrogens (tertiary/aromatic N) is 3. The first kappa shape index (κ1) is 15.0. The minimum absolute atomic E-state index is 0.0132. The van der Waals surface area contributed by atoms with Crippen molar-refractivity contribution in [2.45, 2.75) is 12.8 Å². The molecule has 1 aliphatic heterocycles. The number of thiophene rings is 1. The molecule has 0 aliphatic carbocycles. The molecule has 1 atom stereocenters. The van der Waals surface area contributed by atoms with Crippen molar-refractivity contribution in [3.05, 3.63) is 35.8 Å². The van der Waals surface area contributed by atoms with Gasteiger partial charge in [0.2, 0.25) is 5.91 Å². The third-order valence-electron chi connectivity index (χ3n) is 4.13. The van der Waals surface area contributed by atoms with E-state index in [1.54, 1.807) is 17.5 Å². The summed E-state index contributed by atoms with van der Waals surface area (Å²) in [7, 11) is 0.